The summed E-state index contributed by atoms with van der Waals surface area (Å²) in [6.07, 6.45) is -0.167. The van der Waals surface area contributed by atoms with E-state index in [0.717, 1.165) is 15.6 Å². The maximum absolute atomic E-state index is 6.25. The minimum absolute atomic E-state index is 0.167. The van der Waals surface area contributed by atoms with Crippen LogP contribution in [0.3, 0.4) is 0 Å². The fourth-order valence-corrected chi connectivity index (χ4v) is 3.54. The molecule has 2 nitrogen and oxygen atoms in total. The molecule has 21 heavy (non-hydrogen) atoms. The van der Waals surface area contributed by atoms with Crippen molar-refractivity contribution in [3.63, 3.8) is 0 Å². The second-order valence-electron chi connectivity index (χ2n) is 4.83. The predicted octanol–water partition coefficient (Wildman–Crippen LogP) is 5.44. The normalized spacial score (nSPS) is 25.2. The van der Waals surface area contributed by atoms with Crippen molar-refractivity contribution < 1.29 is 9.47 Å². The average Bonchev–Trinajstić information content (AvgIpc) is 2.94. The van der Waals surface area contributed by atoms with Crippen molar-refractivity contribution in [1.29, 1.82) is 0 Å². The summed E-state index contributed by atoms with van der Waals surface area (Å²) < 4.78 is 13.2. The van der Waals surface area contributed by atoms with E-state index in [1.165, 1.54) is 0 Å². The first-order valence-corrected chi connectivity index (χ1v) is 8.82. The Morgan fingerprint density at radius 1 is 1.14 bits per heavy atom. The summed E-state index contributed by atoms with van der Waals surface area (Å²) in [5, 5.41) is 1.26. The van der Waals surface area contributed by atoms with Crippen molar-refractivity contribution in [2.24, 2.45) is 0 Å². The molecule has 2 aromatic carbocycles. The van der Waals surface area contributed by atoms with E-state index < -0.39 is 5.79 Å². The Bertz CT molecular complexity index is 632. The highest BCUT2D eigenvalue weighted by atomic mass is 79.9. The van der Waals surface area contributed by atoms with Gasteiger partial charge in [-0.1, -0.05) is 73.8 Å². The van der Waals surface area contributed by atoms with Gasteiger partial charge in [0.2, 0.25) is 5.79 Å². The Kier molecular flexibility index (Phi) is 4.71. The van der Waals surface area contributed by atoms with Gasteiger partial charge in [-0.3, -0.25) is 0 Å². The molecule has 0 N–H and O–H groups in total. The quantitative estimate of drug-likeness (QED) is 0.602. The SMILES string of the molecule is Clc1ccccc1[C@H]1CO[C@@](CBr)(c2ccc(Br)cc2)O1. The van der Waals surface area contributed by atoms with Crippen molar-refractivity contribution in [2.45, 2.75) is 11.9 Å². The summed E-state index contributed by atoms with van der Waals surface area (Å²) in [5.41, 5.74) is 1.94. The number of ether oxygens (including phenoxy) is 2. The molecule has 0 amide bonds. The molecular formula is C16H13Br2ClO2. The van der Waals surface area contributed by atoms with Gasteiger partial charge in [0.1, 0.15) is 6.10 Å². The van der Waals surface area contributed by atoms with Crippen molar-refractivity contribution in [3.05, 3.63) is 69.2 Å². The lowest BCUT2D eigenvalue weighted by molar-refractivity contribution is -0.157. The number of hydrogen-bond acceptors (Lipinski definition) is 2. The molecular weight excluding hydrogens is 419 g/mol. The first-order chi connectivity index (χ1) is 10.1. The molecule has 1 aliphatic rings. The molecule has 1 aliphatic heterocycles. The molecule has 0 saturated carbocycles. The van der Waals surface area contributed by atoms with Crippen LogP contribution in [0.2, 0.25) is 5.02 Å². The van der Waals surface area contributed by atoms with Gasteiger partial charge in [-0.2, -0.15) is 0 Å². The minimum atomic E-state index is -0.773. The molecule has 0 radical (unpaired) electrons. The van der Waals surface area contributed by atoms with Crippen LogP contribution in [0, 0.1) is 0 Å². The van der Waals surface area contributed by atoms with Gasteiger partial charge in [-0.25, -0.2) is 0 Å². The van der Waals surface area contributed by atoms with Crippen LogP contribution < -0.4 is 0 Å². The zero-order valence-corrected chi connectivity index (χ0v) is 15.0. The van der Waals surface area contributed by atoms with Gasteiger partial charge < -0.3 is 9.47 Å². The van der Waals surface area contributed by atoms with E-state index in [1.54, 1.807) is 0 Å². The number of benzene rings is 2. The zero-order valence-electron chi connectivity index (χ0n) is 11.1. The van der Waals surface area contributed by atoms with Gasteiger partial charge in [0.15, 0.2) is 0 Å². The molecule has 3 rings (SSSR count). The smallest absolute Gasteiger partial charge is 0.205 e. The molecule has 0 aromatic heterocycles. The van der Waals surface area contributed by atoms with Crippen LogP contribution in [0.25, 0.3) is 0 Å². The predicted molar refractivity (Wildman–Crippen MR) is 90.8 cm³/mol. The maximum Gasteiger partial charge on any atom is 0.205 e. The van der Waals surface area contributed by atoms with Crippen molar-refractivity contribution >= 4 is 43.5 Å². The van der Waals surface area contributed by atoms with E-state index in [-0.39, 0.29) is 6.10 Å². The third kappa shape index (κ3) is 3.06. The molecule has 110 valence electrons. The lowest BCUT2D eigenvalue weighted by Crippen LogP contribution is -2.29. The summed E-state index contributed by atoms with van der Waals surface area (Å²) in [6.45, 7) is 0.478. The van der Waals surface area contributed by atoms with E-state index in [2.05, 4.69) is 31.9 Å². The number of halogens is 3. The van der Waals surface area contributed by atoms with Crippen LogP contribution >= 0.6 is 43.5 Å². The van der Waals surface area contributed by atoms with Crippen LogP contribution in [-0.2, 0) is 15.3 Å². The lowest BCUT2D eigenvalue weighted by Gasteiger charge is -2.26. The van der Waals surface area contributed by atoms with Gasteiger partial charge >= 0.3 is 0 Å². The fraction of sp³-hybridized carbons (Fsp3) is 0.250. The lowest BCUT2D eigenvalue weighted by atomic mass is 10.1. The van der Waals surface area contributed by atoms with E-state index in [1.807, 2.05) is 48.5 Å². The Morgan fingerprint density at radius 3 is 2.52 bits per heavy atom. The Morgan fingerprint density at radius 2 is 1.86 bits per heavy atom. The summed E-state index contributed by atoms with van der Waals surface area (Å²) in [4.78, 5) is 0. The molecule has 0 bridgehead atoms. The second kappa shape index (κ2) is 6.39. The molecule has 0 spiro atoms. The minimum Gasteiger partial charge on any atom is -0.342 e. The third-order valence-electron chi connectivity index (χ3n) is 3.51. The number of alkyl halides is 1. The zero-order chi connectivity index (χ0) is 14.9. The highest BCUT2D eigenvalue weighted by Crippen LogP contribution is 2.43. The topological polar surface area (TPSA) is 18.5 Å². The summed E-state index contributed by atoms with van der Waals surface area (Å²) in [5.74, 6) is -0.773. The summed E-state index contributed by atoms with van der Waals surface area (Å²) >= 11 is 13.2. The van der Waals surface area contributed by atoms with E-state index in [0.29, 0.717) is 17.0 Å². The van der Waals surface area contributed by atoms with Crippen LogP contribution in [0.4, 0.5) is 0 Å². The molecule has 1 heterocycles. The van der Waals surface area contributed by atoms with Crippen LogP contribution in [0.1, 0.15) is 17.2 Å². The van der Waals surface area contributed by atoms with Crippen molar-refractivity contribution in [2.75, 3.05) is 11.9 Å². The van der Waals surface area contributed by atoms with Crippen molar-refractivity contribution in [3.8, 4) is 0 Å². The average molecular weight is 433 g/mol. The van der Waals surface area contributed by atoms with Gasteiger partial charge in [-0.05, 0) is 18.2 Å². The Hall–Kier alpha value is -0.390. The number of rotatable bonds is 3. The van der Waals surface area contributed by atoms with Crippen molar-refractivity contribution in [1.82, 2.24) is 0 Å². The second-order valence-corrected chi connectivity index (χ2v) is 6.72. The van der Waals surface area contributed by atoms with E-state index in [4.69, 9.17) is 21.1 Å². The molecule has 0 aliphatic carbocycles. The third-order valence-corrected chi connectivity index (χ3v) is 5.12. The standard InChI is InChI=1S/C16H13Br2ClO2/c17-10-16(11-5-7-12(18)8-6-11)20-9-15(21-16)13-3-1-2-4-14(13)19/h1-8,15H,9-10H2/t15-,16-/m1/s1. The van der Waals surface area contributed by atoms with Gasteiger partial charge in [0, 0.05) is 20.6 Å². The fourth-order valence-electron chi connectivity index (χ4n) is 2.40. The Labute approximate surface area is 145 Å². The molecule has 2 aromatic rings. The van der Waals surface area contributed by atoms with Gasteiger partial charge in [0.05, 0.1) is 11.9 Å². The van der Waals surface area contributed by atoms with E-state index >= 15 is 0 Å². The summed E-state index contributed by atoms with van der Waals surface area (Å²) in [7, 11) is 0. The molecule has 5 heteroatoms. The molecule has 1 fully saturated rings. The Balaban J connectivity index is 1.90. The van der Waals surface area contributed by atoms with Gasteiger partial charge in [0.25, 0.3) is 0 Å². The molecule has 1 saturated heterocycles. The monoisotopic (exact) mass is 430 g/mol. The van der Waals surface area contributed by atoms with Crippen LogP contribution in [-0.4, -0.2) is 11.9 Å². The first kappa shape index (κ1) is 15.5. The number of hydrogen-bond donors (Lipinski definition) is 0. The highest BCUT2D eigenvalue weighted by Gasteiger charge is 2.43. The molecule has 0 unspecified atom stereocenters. The molecule has 2 atom stereocenters. The van der Waals surface area contributed by atoms with Gasteiger partial charge in [-0.15, -0.1) is 0 Å². The van der Waals surface area contributed by atoms with Crippen LogP contribution in [0.5, 0.6) is 0 Å². The highest BCUT2D eigenvalue weighted by molar-refractivity contribution is 9.10. The summed E-state index contributed by atoms with van der Waals surface area (Å²) in [6, 6.07) is 15.7. The van der Waals surface area contributed by atoms with Crippen LogP contribution in [0.15, 0.2) is 53.0 Å². The van der Waals surface area contributed by atoms with E-state index in [9.17, 15) is 0 Å². The first-order valence-electron chi connectivity index (χ1n) is 6.53. The largest absolute Gasteiger partial charge is 0.342 e. The maximum atomic E-state index is 6.25.